The largest absolute Gasteiger partial charge is 0.493 e. The number of ether oxygens (including phenoxy) is 4. The lowest BCUT2D eigenvalue weighted by Gasteiger charge is -2.26. The summed E-state index contributed by atoms with van der Waals surface area (Å²) in [6.07, 6.45) is 3.14. The van der Waals surface area contributed by atoms with Gasteiger partial charge in [0.15, 0.2) is 0 Å². The number of fused-ring (bicyclic) bond motifs is 2. The highest BCUT2D eigenvalue weighted by molar-refractivity contribution is 6.04. The van der Waals surface area contributed by atoms with E-state index in [0.717, 1.165) is 75.0 Å². The molecule has 2 aromatic heterocycles. The van der Waals surface area contributed by atoms with E-state index in [1.54, 1.807) is 6.08 Å². The van der Waals surface area contributed by atoms with Crippen LogP contribution in [0.2, 0.25) is 0 Å². The molecule has 246 valence electrons. The van der Waals surface area contributed by atoms with E-state index in [1.807, 2.05) is 54.5 Å². The van der Waals surface area contributed by atoms with Gasteiger partial charge in [-0.2, -0.15) is 5.10 Å². The predicted octanol–water partition coefficient (Wildman–Crippen LogP) is 6.46. The number of para-hydroxylation sites is 1. The van der Waals surface area contributed by atoms with Gasteiger partial charge in [0.1, 0.15) is 11.4 Å². The summed E-state index contributed by atoms with van der Waals surface area (Å²) in [7, 11) is 3.93. The Bertz CT molecular complexity index is 1860. The topological polar surface area (TPSA) is 80.0 Å². The summed E-state index contributed by atoms with van der Waals surface area (Å²) >= 11 is 0. The normalized spacial score (nSPS) is 13.8. The molecule has 9 nitrogen and oxygen atoms in total. The van der Waals surface area contributed by atoms with Crippen molar-refractivity contribution in [3.05, 3.63) is 96.0 Å². The van der Waals surface area contributed by atoms with Crippen LogP contribution in [-0.4, -0.2) is 71.3 Å². The Kier molecular flexibility index (Phi) is 10.4. The molecule has 0 unspecified atom stereocenters. The first kappa shape index (κ1) is 32.5. The lowest BCUT2D eigenvalue weighted by Crippen LogP contribution is -2.35. The molecule has 0 spiro atoms. The molecular formula is C38H44N4O5. The summed E-state index contributed by atoms with van der Waals surface area (Å²) in [5, 5.41) is 8.28. The minimum absolute atomic E-state index is 0.300. The molecule has 1 aliphatic rings. The van der Waals surface area contributed by atoms with Gasteiger partial charge in [0, 0.05) is 55.6 Å². The minimum atomic E-state index is -0.323. The van der Waals surface area contributed by atoms with Crippen LogP contribution >= 0.6 is 0 Å². The van der Waals surface area contributed by atoms with E-state index in [-0.39, 0.29) is 5.97 Å². The number of esters is 1. The molecule has 0 bridgehead atoms. The minimum Gasteiger partial charge on any atom is -0.493 e. The molecule has 9 heteroatoms. The fourth-order valence-corrected chi connectivity index (χ4v) is 6.67. The number of aryl methyl sites for hydroxylation is 3. The van der Waals surface area contributed by atoms with Crippen molar-refractivity contribution < 1.29 is 23.7 Å². The van der Waals surface area contributed by atoms with Crippen LogP contribution in [0, 0.1) is 0 Å². The number of carbonyl (C=O) groups excluding carboxylic acids is 1. The van der Waals surface area contributed by atoms with Crippen molar-refractivity contribution in [2.75, 3.05) is 46.1 Å². The van der Waals surface area contributed by atoms with Gasteiger partial charge >= 0.3 is 5.97 Å². The van der Waals surface area contributed by atoms with Crippen LogP contribution in [0.1, 0.15) is 40.8 Å². The zero-order valence-electron chi connectivity index (χ0n) is 27.7. The molecule has 0 amide bonds. The Hall–Kier alpha value is -4.44. The summed E-state index contributed by atoms with van der Waals surface area (Å²) in [6, 6.07) is 20.7. The van der Waals surface area contributed by atoms with Crippen molar-refractivity contribution in [2.24, 2.45) is 14.1 Å². The third kappa shape index (κ3) is 6.83. The molecule has 0 aliphatic carbocycles. The molecule has 1 fully saturated rings. The van der Waals surface area contributed by atoms with E-state index in [2.05, 4.69) is 47.9 Å². The molecule has 0 atom stereocenters. The van der Waals surface area contributed by atoms with Gasteiger partial charge in [0.25, 0.3) is 0 Å². The summed E-state index contributed by atoms with van der Waals surface area (Å²) in [4.78, 5) is 15.9. The lowest BCUT2D eigenvalue weighted by molar-refractivity contribution is 0.0336. The van der Waals surface area contributed by atoms with Crippen LogP contribution in [0.15, 0.2) is 73.3 Å². The maximum atomic E-state index is 13.5. The Labute approximate surface area is 276 Å². The number of nitrogens with zero attached hydrogens (tertiary/aromatic N) is 4. The van der Waals surface area contributed by atoms with Gasteiger partial charge in [0.05, 0.1) is 56.5 Å². The summed E-state index contributed by atoms with van der Waals surface area (Å²) in [5.74, 6) is 0.542. The fourth-order valence-electron chi connectivity index (χ4n) is 6.67. The molecule has 3 heterocycles. The third-order valence-corrected chi connectivity index (χ3v) is 8.82. The van der Waals surface area contributed by atoms with Crippen LogP contribution in [0.25, 0.3) is 32.8 Å². The summed E-state index contributed by atoms with van der Waals surface area (Å²) < 4.78 is 27.4. The maximum absolute atomic E-state index is 13.5. The average Bonchev–Trinajstić information content (AvgIpc) is 3.55. The van der Waals surface area contributed by atoms with Crippen LogP contribution in [0.5, 0.6) is 5.75 Å². The molecule has 3 aromatic carbocycles. The number of hydrogen-bond donors (Lipinski definition) is 0. The number of aromatic nitrogens is 3. The van der Waals surface area contributed by atoms with Crippen molar-refractivity contribution in [1.29, 1.82) is 0 Å². The van der Waals surface area contributed by atoms with Crippen molar-refractivity contribution in [2.45, 2.75) is 32.9 Å². The van der Waals surface area contributed by atoms with Gasteiger partial charge < -0.3 is 23.5 Å². The van der Waals surface area contributed by atoms with E-state index < -0.39 is 0 Å². The summed E-state index contributed by atoms with van der Waals surface area (Å²) in [6.45, 7) is 11.1. The van der Waals surface area contributed by atoms with Crippen molar-refractivity contribution in [1.82, 2.24) is 19.2 Å². The number of carbonyl (C=O) groups is 1. The smallest absolute Gasteiger partial charge is 0.355 e. The van der Waals surface area contributed by atoms with Crippen LogP contribution < -0.4 is 4.74 Å². The maximum Gasteiger partial charge on any atom is 0.355 e. The number of benzene rings is 3. The standard InChI is InChI=1S/C38H44N4O5/c1-5-21-45-26-33-35(32(39-41(33)4)25-42-19-23-44-24-20-42)31-16-10-15-29-30(37(38(43)46-6-2)40(3)36(29)31)17-11-22-47-34-18-9-13-27-12-7-8-14-28(27)34/h5,7-10,12-16,18H,1,6,11,17,19-26H2,2-4H3. The molecule has 0 radical (unpaired) electrons. The monoisotopic (exact) mass is 636 g/mol. The van der Waals surface area contributed by atoms with E-state index >= 15 is 0 Å². The first-order valence-corrected chi connectivity index (χ1v) is 16.4. The second kappa shape index (κ2) is 15.0. The fraction of sp³-hybridized carbons (Fsp3) is 0.368. The van der Waals surface area contributed by atoms with Gasteiger partial charge in [-0.3, -0.25) is 9.58 Å². The zero-order chi connectivity index (χ0) is 32.8. The van der Waals surface area contributed by atoms with Gasteiger partial charge in [-0.15, -0.1) is 6.58 Å². The highest BCUT2D eigenvalue weighted by Crippen LogP contribution is 2.38. The third-order valence-electron chi connectivity index (χ3n) is 8.82. The van der Waals surface area contributed by atoms with Crippen molar-refractivity contribution in [3.63, 3.8) is 0 Å². The summed E-state index contributed by atoms with van der Waals surface area (Å²) in [5.41, 5.74) is 6.52. The SMILES string of the molecule is C=CCOCc1c(-c2cccc3c(CCCOc4cccc5ccccc45)c(C(=O)OCC)n(C)c23)c(CN2CCOCC2)nn1C. The molecule has 6 rings (SSSR count). The van der Waals surface area contributed by atoms with Crippen LogP contribution in [-0.2, 0) is 47.9 Å². The average molecular weight is 637 g/mol. The molecule has 0 saturated carbocycles. The van der Waals surface area contributed by atoms with Crippen molar-refractivity contribution in [3.8, 4) is 16.9 Å². The highest BCUT2D eigenvalue weighted by Gasteiger charge is 2.28. The molecule has 47 heavy (non-hydrogen) atoms. The predicted molar refractivity (Wildman–Crippen MR) is 185 cm³/mol. The zero-order valence-corrected chi connectivity index (χ0v) is 27.7. The number of morpholine rings is 1. The van der Waals surface area contributed by atoms with E-state index in [4.69, 9.17) is 24.0 Å². The van der Waals surface area contributed by atoms with Crippen LogP contribution in [0.4, 0.5) is 0 Å². The quantitative estimate of drug-likeness (QED) is 0.0787. The highest BCUT2D eigenvalue weighted by atomic mass is 16.5. The van der Waals surface area contributed by atoms with E-state index in [0.29, 0.717) is 58.3 Å². The van der Waals surface area contributed by atoms with Gasteiger partial charge in [-0.25, -0.2) is 4.79 Å². The first-order chi connectivity index (χ1) is 23.0. The van der Waals surface area contributed by atoms with Gasteiger partial charge in [-0.1, -0.05) is 60.7 Å². The Morgan fingerprint density at radius 2 is 1.79 bits per heavy atom. The number of rotatable bonds is 14. The second-order valence-electron chi connectivity index (χ2n) is 11.8. The molecule has 0 N–H and O–H groups in total. The van der Waals surface area contributed by atoms with Gasteiger partial charge in [-0.05, 0) is 36.8 Å². The van der Waals surface area contributed by atoms with Crippen molar-refractivity contribution >= 4 is 27.6 Å². The molecule has 5 aromatic rings. The van der Waals surface area contributed by atoms with E-state index in [9.17, 15) is 4.79 Å². The first-order valence-electron chi connectivity index (χ1n) is 16.4. The van der Waals surface area contributed by atoms with Crippen LogP contribution in [0.3, 0.4) is 0 Å². The molecular weight excluding hydrogens is 592 g/mol. The molecule has 1 aliphatic heterocycles. The van der Waals surface area contributed by atoms with Gasteiger partial charge in [0.2, 0.25) is 0 Å². The Balaban J connectivity index is 1.38. The second-order valence-corrected chi connectivity index (χ2v) is 11.8. The molecule has 1 saturated heterocycles. The lowest BCUT2D eigenvalue weighted by atomic mass is 9.97. The Morgan fingerprint density at radius 3 is 2.60 bits per heavy atom. The number of hydrogen-bond acceptors (Lipinski definition) is 7. The Morgan fingerprint density at radius 1 is 1.02 bits per heavy atom. The van der Waals surface area contributed by atoms with E-state index in [1.165, 1.54) is 0 Å².